The molecule has 0 saturated carbocycles. The summed E-state index contributed by atoms with van der Waals surface area (Å²) in [5.41, 5.74) is 1.27. The molecule has 2 atom stereocenters. The molecule has 1 aromatic rings. The molecule has 2 rings (SSSR count). The summed E-state index contributed by atoms with van der Waals surface area (Å²) in [5, 5.41) is 3.02. The zero-order valence-corrected chi connectivity index (χ0v) is 13.6. The molecule has 0 aliphatic carbocycles. The molecular weight excluding hydrogens is 284 g/mol. The number of nitrogens with one attached hydrogen (secondary N) is 1. The number of carbonyl (C=O) groups excluding carboxylic acids is 1. The zero-order valence-electron chi connectivity index (χ0n) is 12.7. The number of ether oxygens (including phenoxy) is 1. The van der Waals surface area contributed by atoms with Gasteiger partial charge in [-0.25, -0.2) is 0 Å². The van der Waals surface area contributed by atoms with Crippen molar-refractivity contribution in [3.8, 4) is 0 Å². The number of nitrogens with zero attached hydrogens (tertiary/aromatic N) is 1. The molecule has 1 saturated heterocycles. The highest BCUT2D eigenvalue weighted by Gasteiger charge is 2.27. The molecule has 1 aliphatic heterocycles. The molecule has 0 unspecified atom stereocenters. The van der Waals surface area contributed by atoms with Gasteiger partial charge in [0.1, 0.15) is 6.10 Å². The second-order valence-electron chi connectivity index (χ2n) is 5.45. The maximum absolute atomic E-state index is 12.2. The van der Waals surface area contributed by atoms with Crippen LogP contribution in [0.15, 0.2) is 30.3 Å². The number of benzene rings is 1. The molecule has 0 radical (unpaired) electrons. The van der Waals surface area contributed by atoms with Crippen molar-refractivity contribution in [2.45, 2.75) is 25.6 Å². The molecule has 0 bridgehead atoms. The van der Waals surface area contributed by atoms with Crippen LogP contribution >= 0.6 is 11.8 Å². The second kappa shape index (κ2) is 8.41. The Labute approximate surface area is 131 Å². The number of hydrogen-bond donors (Lipinski definition) is 1. The summed E-state index contributed by atoms with van der Waals surface area (Å²) < 4.78 is 5.63. The number of hydrogen-bond acceptors (Lipinski definition) is 4. The Morgan fingerprint density at radius 2 is 2.24 bits per heavy atom. The molecule has 4 nitrogen and oxygen atoms in total. The number of rotatable bonds is 6. The molecule has 1 fully saturated rings. The highest BCUT2D eigenvalue weighted by atomic mass is 32.2. The first-order chi connectivity index (χ1) is 10.2. The molecule has 1 amide bonds. The number of thioether (sulfide) groups is 1. The average molecular weight is 308 g/mol. The van der Waals surface area contributed by atoms with Crippen LogP contribution < -0.4 is 5.32 Å². The molecule has 116 valence electrons. The average Bonchev–Trinajstić information content (AvgIpc) is 2.49. The van der Waals surface area contributed by atoms with Gasteiger partial charge in [-0.1, -0.05) is 30.3 Å². The Morgan fingerprint density at radius 3 is 2.95 bits per heavy atom. The van der Waals surface area contributed by atoms with E-state index in [1.54, 1.807) is 11.8 Å². The third-order valence-corrected chi connectivity index (χ3v) is 4.33. The van der Waals surface area contributed by atoms with E-state index in [4.69, 9.17) is 4.74 Å². The minimum atomic E-state index is -0.355. The lowest BCUT2D eigenvalue weighted by molar-refractivity contribution is -0.139. The third-order valence-electron chi connectivity index (χ3n) is 3.50. The first kappa shape index (κ1) is 16.3. The molecule has 0 spiro atoms. The Kier molecular flexibility index (Phi) is 6.54. The highest BCUT2D eigenvalue weighted by Crippen LogP contribution is 2.11. The van der Waals surface area contributed by atoms with Gasteiger partial charge in [-0.15, -0.1) is 0 Å². The molecule has 1 N–H and O–H groups in total. The molecule has 0 aromatic heterocycles. The van der Waals surface area contributed by atoms with Crippen molar-refractivity contribution < 1.29 is 9.53 Å². The van der Waals surface area contributed by atoms with Gasteiger partial charge >= 0.3 is 0 Å². The SMILES string of the molecule is CSC[C@@H](C)NC(=O)[C@H]1CN(Cc2ccccc2)CCO1. The van der Waals surface area contributed by atoms with E-state index >= 15 is 0 Å². The van der Waals surface area contributed by atoms with E-state index in [1.165, 1.54) is 5.56 Å². The normalized spacial score (nSPS) is 21.0. The van der Waals surface area contributed by atoms with Crippen LogP contribution in [0.25, 0.3) is 0 Å². The molecule has 1 aliphatic rings. The monoisotopic (exact) mass is 308 g/mol. The Hall–Kier alpha value is -1.04. The van der Waals surface area contributed by atoms with Gasteiger partial charge < -0.3 is 10.1 Å². The number of amides is 1. The molecular formula is C16H24N2O2S. The summed E-state index contributed by atoms with van der Waals surface area (Å²) in [7, 11) is 0. The summed E-state index contributed by atoms with van der Waals surface area (Å²) in [6, 6.07) is 10.5. The smallest absolute Gasteiger partial charge is 0.250 e. The van der Waals surface area contributed by atoms with Crippen molar-refractivity contribution in [2.75, 3.05) is 31.7 Å². The van der Waals surface area contributed by atoms with Gasteiger partial charge in [-0.2, -0.15) is 11.8 Å². The van der Waals surface area contributed by atoms with E-state index < -0.39 is 0 Å². The van der Waals surface area contributed by atoms with Gasteiger partial charge in [0.15, 0.2) is 0 Å². The van der Waals surface area contributed by atoms with Crippen LogP contribution in [0, 0.1) is 0 Å². The Balaban J connectivity index is 1.84. The van der Waals surface area contributed by atoms with Crippen molar-refractivity contribution in [1.29, 1.82) is 0 Å². The fourth-order valence-corrected chi connectivity index (χ4v) is 3.06. The van der Waals surface area contributed by atoms with Crippen molar-refractivity contribution >= 4 is 17.7 Å². The second-order valence-corrected chi connectivity index (χ2v) is 6.36. The van der Waals surface area contributed by atoms with E-state index in [0.29, 0.717) is 13.2 Å². The van der Waals surface area contributed by atoms with Crippen LogP contribution in [-0.2, 0) is 16.1 Å². The lowest BCUT2D eigenvalue weighted by Crippen LogP contribution is -2.51. The van der Waals surface area contributed by atoms with Gasteiger partial charge in [-0.05, 0) is 18.7 Å². The number of morpholine rings is 1. The van der Waals surface area contributed by atoms with E-state index in [9.17, 15) is 4.79 Å². The highest BCUT2D eigenvalue weighted by molar-refractivity contribution is 7.98. The standard InChI is InChI=1S/C16H24N2O2S/c1-13(12-21-2)17-16(19)15-11-18(8-9-20-15)10-14-6-4-3-5-7-14/h3-7,13,15H,8-12H2,1-2H3,(H,17,19)/t13-,15-/m1/s1. The Morgan fingerprint density at radius 1 is 1.48 bits per heavy atom. The van der Waals surface area contributed by atoms with Crippen molar-refractivity contribution in [2.24, 2.45) is 0 Å². The lowest BCUT2D eigenvalue weighted by atomic mass is 10.2. The quantitative estimate of drug-likeness (QED) is 0.869. The largest absolute Gasteiger partial charge is 0.366 e. The fourth-order valence-electron chi connectivity index (χ4n) is 2.47. The third kappa shape index (κ3) is 5.34. The van der Waals surface area contributed by atoms with Gasteiger partial charge in [-0.3, -0.25) is 9.69 Å². The van der Waals surface area contributed by atoms with E-state index in [-0.39, 0.29) is 18.1 Å². The summed E-state index contributed by atoms with van der Waals surface area (Å²) in [6.45, 7) is 5.04. The van der Waals surface area contributed by atoms with Crippen LogP contribution in [0.2, 0.25) is 0 Å². The summed E-state index contributed by atoms with van der Waals surface area (Å²) in [6.07, 6.45) is 1.69. The van der Waals surface area contributed by atoms with Crippen molar-refractivity contribution in [3.05, 3.63) is 35.9 Å². The van der Waals surface area contributed by atoms with Gasteiger partial charge in [0.25, 0.3) is 5.91 Å². The number of carbonyl (C=O) groups is 1. The predicted octanol–water partition coefficient (Wildman–Crippen LogP) is 1.76. The minimum Gasteiger partial charge on any atom is -0.366 e. The van der Waals surface area contributed by atoms with Crippen molar-refractivity contribution in [3.63, 3.8) is 0 Å². The lowest BCUT2D eigenvalue weighted by Gasteiger charge is -2.32. The predicted molar refractivity (Wildman–Crippen MR) is 87.4 cm³/mol. The van der Waals surface area contributed by atoms with E-state index in [0.717, 1.165) is 18.8 Å². The van der Waals surface area contributed by atoms with Crippen LogP contribution in [-0.4, -0.2) is 54.7 Å². The summed E-state index contributed by atoms with van der Waals surface area (Å²) in [5.74, 6) is 0.931. The first-order valence-electron chi connectivity index (χ1n) is 7.36. The van der Waals surface area contributed by atoms with E-state index in [2.05, 4.69) is 22.3 Å². The summed E-state index contributed by atoms with van der Waals surface area (Å²) >= 11 is 1.73. The maximum atomic E-state index is 12.2. The summed E-state index contributed by atoms with van der Waals surface area (Å²) in [4.78, 5) is 14.5. The molecule has 21 heavy (non-hydrogen) atoms. The van der Waals surface area contributed by atoms with Gasteiger partial charge in [0, 0.05) is 31.4 Å². The topological polar surface area (TPSA) is 41.6 Å². The minimum absolute atomic E-state index is 0.00862. The molecule has 1 aromatic carbocycles. The fraction of sp³-hybridized carbons (Fsp3) is 0.562. The van der Waals surface area contributed by atoms with Crippen molar-refractivity contribution in [1.82, 2.24) is 10.2 Å². The van der Waals surface area contributed by atoms with Crippen LogP contribution in [0.5, 0.6) is 0 Å². The van der Waals surface area contributed by atoms with E-state index in [1.807, 2.05) is 31.4 Å². The van der Waals surface area contributed by atoms with Crippen LogP contribution in [0.4, 0.5) is 0 Å². The van der Waals surface area contributed by atoms with Crippen LogP contribution in [0.3, 0.4) is 0 Å². The first-order valence-corrected chi connectivity index (χ1v) is 8.75. The maximum Gasteiger partial charge on any atom is 0.250 e. The van der Waals surface area contributed by atoms with Gasteiger partial charge in [0.2, 0.25) is 0 Å². The molecule has 1 heterocycles. The molecule has 5 heteroatoms. The Bertz CT molecular complexity index is 441. The van der Waals surface area contributed by atoms with Crippen LogP contribution in [0.1, 0.15) is 12.5 Å². The zero-order chi connectivity index (χ0) is 15.1. The van der Waals surface area contributed by atoms with Gasteiger partial charge in [0.05, 0.1) is 6.61 Å².